The van der Waals surface area contributed by atoms with Crippen molar-refractivity contribution in [3.63, 3.8) is 0 Å². The number of nitrogens with zero attached hydrogens (tertiary/aromatic N) is 2. The smallest absolute Gasteiger partial charge is 0.123 e. The Morgan fingerprint density at radius 2 is 1.95 bits per heavy atom. The van der Waals surface area contributed by atoms with Crippen molar-refractivity contribution in [3.05, 3.63) is 78.2 Å². The minimum absolute atomic E-state index is 0.266. The van der Waals surface area contributed by atoms with Gasteiger partial charge in [0.1, 0.15) is 11.6 Å². The van der Waals surface area contributed by atoms with Gasteiger partial charge in [0.05, 0.1) is 11.4 Å². The van der Waals surface area contributed by atoms with Crippen LogP contribution in [0.2, 0.25) is 0 Å². The van der Waals surface area contributed by atoms with Crippen molar-refractivity contribution in [1.29, 1.82) is 0 Å². The summed E-state index contributed by atoms with van der Waals surface area (Å²) in [6.45, 7) is 7.47. The van der Waals surface area contributed by atoms with Gasteiger partial charge in [-0.05, 0) is 48.4 Å². The zero-order chi connectivity index (χ0) is 16.1. The summed E-state index contributed by atoms with van der Waals surface area (Å²) in [7, 11) is 0. The van der Waals surface area contributed by atoms with Crippen molar-refractivity contribution in [1.82, 2.24) is 9.78 Å². The maximum Gasteiger partial charge on any atom is 0.123 e. The topological polar surface area (TPSA) is 17.8 Å². The summed E-state index contributed by atoms with van der Waals surface area (Å²) >= 11 is 0. The van der Waals surface area contributed by atoms with E-state index >= 15 is 0 Å². The quantitative estimate of drug-likeness (QED) is 0.695. The van der Waals surface area contributed by atoms with Gasteiger partial charge in [-0.25, -0.2) is 13.5 Å². The molecule has 1 aromatic heterocycles. The van der Waals surface area contributed by atoms with Crippen LogP contribution >= 0.6 is 0 Å². The second-order valence-corrected chi connectivity index (χ2v) is 5.16. The van der Waals surface area contributed by atoms with E-state index in [1.807, 2.05) is 6.20 Å². The average Bonchev–Trinajstić information content (AvgIpc) is 2.92. The van der Waals surface area contributed by atoms with E-state index in [9.17, 15) is 8.78 Å². The lowest BCUT2D eigenvalue weighted by Crippen LogP contribution is -1.94. The molecular weight excluding hydrogens is 282 g/mol. The van der Waals surface area contributed by atoms with Crippen LogP contribution < -0.4 is 0 Å². The van der Waals surface area contributed by atoms with Gasteiger partial charge in [-0.15, -0.1) is 0 Å². The Balaban J connectivity index is 2.37. The van der Waals surface area contributed by atoms with Crippen LogP contribution in [0.25, 0.3) is 11.8 Å². The molecule has 1 heterocycles. The summed E-state index contributed by atoms with van der Waals surface area (Å²) < 4.78 is 27.7. The second kappa shape index (κ2) is 6.98. The number of halogens is 2. The van der Waals surface area contributed by atoms with Crippen LogP contribution in [-0.2, 0) is 0 Å². The molecule has 0 fully saturated rings. The van der Waals surface area contributed by atoms with Crippen LogP contribution in [0, 0.1) is 5.82 Å². The third-order valence-corrected chi connectivity index (χ3v) is 3.19. The van der Waals surface area contributed by atoms with E-state index in [1.165, 1.54) is 18.2 Å². The van der Waals surface area contributed by atoms with Gasteiger partial charge in [0.2, 0.25) is 0 Å². The van der Waals surface area contributed by atoms with Crippen LogP contribution in [0.15, 0.2) is 61.1 Å². The molecule has 2 nitrogen and oxygen atoms in total. The molecule has 0 saturated heterocycles. The van der Waals surface area contributed by atoms with Crippen molar-refractivity contribution in [2.75, 3.05) is 0 Å². The molecular formula is C18H18F2N2. The summed E-state index contributed by atoms with van der Waals surface area (Å²) in [4.78, 5) is 0. The fourth-order valence-corrected chi connectivity index (χ4v) is 2.00. The molecule has 0 amide bonds. The number of aromatic nitrogens is 2. The van der Waals surface area contributed by atoms with Gasteiger partial charge < -0.3 is 0 Å². The Hall–Kier alpha value is -2.49. The SMILES string of the molecule is C=C/C(F)=C\C=C\c1nn(-c2ccc(F)cc2)cc1C(C)C. The second-order valence-electron chi connectivity index (χ2n) is 5.16. The van der Waals surface area contributed by atoms with Crippen LogP contribution in [-0.4, -0.2) is 9.78 Å². The molecule has 22 heavy (non-hydrogen) atoms. The Morgan fingerprint density at radius 3 is 2.55 bits per heavy atom. The zero-order valence-corrected chi connectivity index (χ0v) is 12.6. The average molecular weight is 300 g/mol. The molecule has 2 rings (SSSR count). The maximum absolute atomic E-state index is 13.0. The first-order valence-electron chi connectivity index (χ1n) is 7.03. The largest absolute Gasteiger partial charge is 0.240 e. The number of hydrogen-bond donors (Lipinski definition) is 0. The number of benzene rings is 1. The van der Waals surface area contributed by atoms with E-state index in [0.717, 1.165) is 23.0 Å². The minimum atomic E-state index is -0.402. The van der Waals surface area contributed by atoms with Crippen molar-refractivity contribution in [2.45, 2.75) is 19.8 Å². The van der Waals surface area contributed by atoms with E-state index < -0.39 is 5.83 Å². The van der Waals surface area contributed by atoms with E-state index in [1.54, 1.807) is 29.0 Å². The van der Waals surface area contributed by atoms with Gasteiger partial charge in [-0.1, -0.05) is 26.5 Å². The summed E-state index contributed by atoms with van der Waals surface area (Å²) in [5.41, 5.74) is 2.57. The monoisotopic (exact) mass is 300 g/mol. The Kier molecular flexibility index (Phi) is 5.04. The first-order valence-corrected chi connectivity index (χ1v) is 7.03. The molecule has 114 valence electrons. The van der Waals surface area contributed by atoms with Gasteiger partial charge in [-0.3, -0.25) is 0 Å². The lowest BCUT2D eigenvalue weighted by atomic mass is 10.0. The highest BCUT2D eigenvalue weighted by molar-refractivity contribution is 5.53. The Bertz CT molecular complexity index is 707. The third kappa shape index (κ3) is 3.79. The molecule has 2 aromatic rings. The van der Waals surface area contributed by atoms with Crippen molar-refractivity contribution in [2.24, 2.45) is 0 Å². The highest BCUT2D eigenvalue weighted by atomic mass is 19.1. The fourth-order valence-electron chi connectivity index (χ4n) is 2.00. The zero-order valence-electron chi connectivity index (χ0n) is 12.6. The lowest BCUT2D eigenvalue weighted by Gasteiger charge is -2.01. The predicted molar refractivity (Wildman–Crippen MR) is 86.0 cm³/mol. The standard InChI is InChI=1S/C18H18F2N2/c1-4-14(19)6-5-7-18-17(13(2)3)12-22(21-18)16-10-8-15(20)9-11-16/h4-13H,1H2,2-3H3/b7-5+,14-6+. The molecule has 0 unspecified atom stereocenters. The number of rotatable bonds is 5. The van der Waals surface area contributed by atoms with Gasteiger partial charge in [0.15, 0.2) is 0 Å². The van der Waals surface area contributed by atoms with Gasteiger partial charge in [0.25, 0.3) is 0 Å². The van der Waals surface area contributed by atoms with E-state index in [2.05, 4.69) is 25.5 Å². The summed E-state index contributed by atoms with van der Waals surface area (Å²) in [6, 6.07) is 6.11. The minimum Gasteiger partial charge on any atom is -0.240 e. The molecule has 0 aliphatic heterocycles. The maximum atomic E-state index is 13.0. The van der Waals surface area contributed by atoms with E-state index in [0.29, 0.717) is 0 Å². The molecule has 0 N–H and O–H groups in total. The van der Waals surface area contributed by atoms with E-state index in [4.69, 9.17) is 0 Å². The molecule has 0 aliphatic carbocycles. The predicted octanol–water partition coefficient (Wildman–Crippen LogP) is 5.19. The molecule has 0 spiro atoms. The first kappa shape index (κ1) is 15.9. The van der Waals surface area contributed by atoms with Crippen molar-refractivity contribution < 1.29 is 8.78 Å². The highest BCUT2D eigenvalue weighted by Crippen LogP contribution is 2.22. The van der Waals surface area contributed by atoms with Crippen LogP contribution in [0.1, 0.15) is 31.0 Å². The highest BCUT2D eigenvalue weighted by Gasteiger charge is 2.11. The molecule has 0 saturated carbocycles. The molecule has 4 heteroatoms. The molecule has 0 atom stereocenters. The molecule has 0 bridgehead atoms. The first-order chi connectivity index (χ1) is 10.5. The lowest BCUT2D eigenvalue weighted by molar-refractivity contribution is 0.627. The van der Waals surface area contributed by atoms with E-state index in [-0.39, 0.29) is 11.7 Å². The molecule has 0 aliphatic rings. The summed E-state index contributed by atoms with van der Waals surface area (Å²) in [6.07, 6.45) is 7.72. The number of allylic oxidation sites excluding steroid dienone is 4. The number of hydrogen-bond acceptors (Lipinski definition) is 1. The summed E-state index contributed by atoms with van der Waals surface area (Å²) in [5.74, 6) is -0.424. The Morgan fingerprint density at radius 1 is 1.27 bits per heavy atom. The van der Waals surface area contributed by atoms with Gasteiger partial charge >= 0.3 is 0 Å². The van der Waals surface area contributed by atoms with Crippen LogP contribution in [0.5, 0.6) is 0 Å². The normalized spacial score (nSPS) is 12.3. The van der Waals surface area contributed by atoms with Crippen LogP contribution in [0.4, 0.5) is 8.78 Å². The third-order valence-electron chi connectivity index (χ3n) is 3.19. The summed E-state index contributed by atoms with van der Waals surface area (Å²) in [5, 5.41) is 4.48. The fraction of sp³-hybridized carbons (Fsp3) is 0.167. The van der Waals surface area contributed by atoms with Gasteiger partial charge in [-0.2, -0.15) is 5.10 Å². The van der Waals surface area contributed by atoms with Crippen molar-refractivity contribution >= 4 is 6.08 Å². The molecule has 0 radical (unpaired) electrons. The molecule has 1 aromatic carbocycles. The van der Waals surface area contributed by atoms with Gasteiger partial charge in [0, 0.05) is 11.8 Å². The Labute approximate surface area is 129 Å². The van der Waals surface area contributed by atoms with Crippen LogP contribution in [0.3, 0.4) is 0 Å². The van der Waals surface area contributed by atoms with Crippen molar-refractivity contribution in [3.8, 4) is 5.69 Å².